The molecular weight excluding hydrogens is 914 g/mol. The van der Waals surface area contributed by atoms with Crippen LogP contribution in [-0.2, 0) is 27.1 Å². The quantitative estimate of drug-likeness (QED) is 0.163. The molecule has 1 aromatic heterocycles. The van der Waals surface area contributed by atoms with Crippen molar-refractivity contribution in [1.82, 2.24) is 0 Å². The van der Waals surface area contributed by atoms with Crippen molar-refractivity contribution < 1.29 is 0 Å². The summed E-state index contributed by atoms with van der Waals surface area (Å²) in [6.45, 7) is 32.1. The molecule has 0 N–H and O–H groups in total. The number of thiophene rings is 1. The Balaban J connectivity index is 1.10. The molecule has 1 unspecified atom stereocenters. The molecule has 0 bridgehead atoms. The Kier molecular flexibility index (Phi) is 9.61. The molecule has 0 spiro atoms. The number of rotatable bonds is 3. The summed E-state index contributed by atoms with van der Waals surface area (Å²) in [7, 11) is 0. The molecule has 3 nitrogen and oxygen atoms in total. The topological polar surface area (TPSA) is 9.72 Å². The fraction of sp³-hybridized carbons (Fsp3) is 0.391. The number of hydrogen-bond acceptors (Lipinski definition) is 4. The van der Waals surface area contributed by atoms with Crippen molar-refractivity contribution in [3.8, 4) is 0 Å². The Morgan fingerprint density at radius 3 is 1.78 bits per heavy atom. The Morgan fingerprint density at radius 1 is 0.446 bits per heavy atom. The molecule has 8 aromatic rings. The normalized spacial score (nSPS) is 23.2. The van der Waals surface area contributed by atoms with Gasteiger partial charge in [-0.15, -0.1) is 11.3 Å². The lowest BCUT2D eigenvalue weighted by Gasteiger charge is -2.51. The van der Waals surface area contributed by atoms with E-state index >= 15 is 0 Å². The molecule has 4 heterocycles. The molecule has 0 radical (unpaired) electrons. The maximum atomic E-state index is 2.83. The number of hydrogen-bond donors (Lipinski definition) is 0. The van der Waals surface area contributed by atoms with Crippen LogP contribution < -0.4 is 31.1 Å². The summed E-state index contributed by atoms with van der Waals surface area (Å²) in [4.78, 5) is 8.28. The maximum Gasteiger partial charge on any atom is 0.252 e. The minimum Gasteiger partial charge on any atom is -0.334 e. The highest BCUT2D eigenvalue weighted by atomic mass is 32.1. The highest BCUT2D eigenvalue weighted by Gasteiger charge is 2.59. The van der Waals surface area contributed by atoms with Crippen molar-refractivity contribution in [2.24, 2.45) is 0 Å². The summed E-state index contributed by atoms with van der Waals surface area (Å²) >= 11 is 1.92. The van der Waals surface area contributed by atoms with E-state index in [2.05, 4.69) is 220 Å². The van der Waals surface area contributed by atoms with Gasteiger partial charge < -0.3 is 14.7 Å². The number of benzene rings is 7. The summed E-state index contributed by atoms with van der Waals surface area (Å²) < 4.78 is 2.67. The molecule has 1 saturated carbocycles. The number of nitrogens with zero attached hydrogens (tertiary/aromatic N) is 3. The van der Waals surface area contributed by atoms with Crippen LogP contribution in [0.2, 0.25) is 0 Å². The van der Waals surface area contributed by atoms with Crippen LogP contribution in [0.4, 0.5) is 45.5 Å². The average Bonchev–Trinajstić information content (AvgIpc) is 3.86. The second-order valence-corrected chi connectivity index (χ2v) is 28.2. The van der Waals surface area contributed by atoms with E-state index in [0.717, 1.165) is 0 Å². The second-order valence-electron chi connectivity index (χ2n) is 27.2. The molecule has 3 aliphatic heterocycles. The van der Waals surface area contributed by atoms with Crippen molar-refractivity contribution >= 4 is 100 Å². The molecule has 14 rings (SSSR count). The zero-order chi connectivity index (χ0) is 51.4. The van der Waals surface area contributed by atoms with Crippen LogP contribution in [0, 0.1) is 20.8 Å². The van der Waals surface area contributed by atoms with Crippen LogP contribution in [0.1, 0.15) is 165 Å². The Labute approximate surface area is 446 Å². The summed E-state index contributed by atoms with van der Waals surface area (Å²) in [5, 5.41) is 2.67. The van der Waals surface area contributed by atoms with Gasteiger partial charge in [0.15, 0.2) is 0 Å². The van der Waals surface area contributed by atoms with Crippen molar-refractivity contribution in [3.05, 3.63) is 160 Å². The Hall–Kier alpha value is -5.78. The van der Waals surface area contributed by atoms with Crippen molar-refractivity contribution in [2.75, 3.05) is 14.7 Å². The smallest absolute Gasteiger partial charge is 0.252 e. The molecule has 0 amide bonds. The molecule has 0 saturated heterocycles. The first-order valence-electron chi connectivity index (χ1n) is 28.2. The highest BCUT2D eigenvalue weighted by molar-refractivity contribution is 7.26. The molecule has 1 fully saturated rings. The van der Waals surface area contributed by atoms with Crippen molar-refractivity contribution in [2.45, 2.75) is 174 Å². The predicted octanol–water partition coefficient (Wildman–Crippen LogP) is 17.5. The fourth-order valence-electron chi connectivity index (χ4n) is 16.3. The Morgan fingerprint density at radius 2 is 1.04 bits per heavy atom. The average molecular weight is 988 g/mol. The standard InChI is InChI=1S/C69H74BN3S/c1-41-33-43(3)62-56(34-41)73(69(13)28-17-16-27-68(62,69)12)45-24-26-51-54(38-45)72(53-20-18-22-60-61(53)46-19-14-15-21-59(46)74-60)58-36-42(2)35-57-63(58)70(51)52-39-49-50(67(10,11)32-31-66(49,8)9)40-55(52)71(57)44-23-25-47-48(37-44)65(6,7)30-29-64(47,4)5/h14-15,18-26,33-40H,16-17,27-32H2,1-13H3/t68?,69-/m0/s1. The van der Waals surface area contributed by atoms with Gasteiger partial charge in [-0.3, -0.25) is 0 Å². The lowest BCUT2D eigenvalue weighted by atomic mass is 9.33. The third-order valence-electron chi connectivity index (χ3n) is 20.7. The van der Waals surface area contributed by atoms with Gasteiger partial charge in [0.1, 0.15) is 0 Å². The van der Waals surface area contributed by atoms with Gasteiger partial charge in [0.25, 0.3) is 6.71 Å². The van der Waals surface area contributed by atoms with E-state index in [4.69, 9.17) is 0 Å². The molecular formula is C69H74BN3S. The largest absolute Gasteiger partial charge is 0.334 e. The van der Waals surface area contributed by atoms with Gasteiger partial charge in [-0.1, -0.05) is 124 Å². The van der Waals surface area contributed by atoms with Crippen LogP contribution >= 0.6 is 11.3 Å². The third-order valence-corrected chi connectivity index (χ3v) is 21.8. The minimum absolute atomic E-state index is 0.0237. The monoisotopic (exact) mass is 988 g/mol. The molecule has 74 heavy (non-hydrogen) atoms. The second kappa shape index (κ2) is 15.2. The molecule has 6 aliphatic rings. The van der Waals surface area contributed by atoms with Crippen molar-refractivity contribution in [3.63, 3.8) is 0 Å². The van der Waals surface area contributed by atoms with E-state index in [0.29, 0.717) is 0 Å². The van der Waals surface area contributed by atoms with Gasteiger partial charge in [0, 0.05) is 65.4 Å². The first-order valence-corrected chi connectivity index (χ1v) is 29.0. The van der Waals surface area contributed by atoms with Gasteiger partial charge >= 0.3 is 0 Å². The van der Waals surface area contributed by atoms with E-state index < -0.39 is 0 Å². The Bertz CT molecular complexity index is 3760. The van der Waals surface area contributed by atoms with E-state index in [1.807, 2.05) is 11.3 Å². The number of anilines is 8. The van der Waals surface area contributed by atoms with Crippen LogP contribution in [0.5, 0.6) is 0 Å². The van der Waals surface area contributed by atoms with Gasteiger partial charge in [-0.25, -0.2) is 0 Å². The molecule has 3 aliphatic carbocycles. The first kappa shape index (κ1) is 46.7. The molecule has 2 atom stereocenters. The summed E-state index contributed by atoms with van der Waals surface area (Å²) in [5.74, 6) is 0. The summed E-state index contributed by atoms with van der Waals surface area (Å²) in [6, 6.07) is 47.0. The van der Waals surface area contributed by atoms with Crippen LogP contribution in [0.25, 0.3) is 20.2 Å². The lowest BCUT2D eigenvalue weighted by Crippen LogP contribution is -2.62. The van der Waals surface area contributed by atoms with Crippen LogP contribution in [0.3, 0.4) is 0 Å². The van der Waals surface area contributed by atoms with E-state index in [1.54, 1.807) is 5.56 Å². The van der Waals surface area contributed by atoms with Gasteiger partial charge in [0.05, 0.1) is 11.2 Å². The first-order chi connectivity index (χ1) is 35.1. The van der Waals surface area contributed by atoms with Crippen molar-refractivity contribution in [1.29, 1.82) is 0 Å². The van der Waals surface area contributed by atoms with Gasteiger partial charge in [-0.05, 0) is 216 Å². The molecule has 374 valence electrons. The van der Waals surface area contributed by atoms with E-state index in [1.165, 1.54) is 172 Å². The predicted molar refractivity (Wildman–Crippen MR) is 321 cm³/mol. The van der Waals surface area contributed by atoms with Gasteiger partial charge in [-0.2, -0.15) is 0 Å². The molecule has 7 aromatic carbocycles. The van der Waals surface area contributed by atoms with Crippen LogP contribution in [0.15, 0.2) is 115 Å². The maximum absolute atomic E-state index is 2.83. The van der Waals surface area contributed by atoms with Gasteiger partial charge in [0.2, 0.25) is 0 Å². The molecule has 5 heteroatoms. The number of fused-ring (bicyclic) bond motifs is 12. The fourth-order valence-corrected chi connectivity index (χ4v) is 17.4. The zero-order valence-corrected chi connectivity index (χ0v) is 47.3. The van der Waals surface area contributed by atoms with E-state index in [9.17, 15) is 0 Å². The SMILES string of the molecule is Cc1cc2c3c(c1)N(c1cccc4sc5ccccc5c14)c1cc(N4c5cc(C)cc(C)c5C5(C)CCCC[C@]45C)ccc1B3c1cc3c(cc1N2c1ccc2c(c1)C(C)(C)CCC2(C)C)C(C)(C)CCC3(C)C. The van der Waals surface area contributed by atoms with E-state index in [-0.39, 0.29) is 39.3 Å². The lowest BCUT2D eigenvalue weighted by molar-refractivity contribution is 0.194. The number of aryl methyl sites for hydroxylation is 3. The zero-order valence-electron chi connectivity index (χ0n) is 46.5. The summed E-state index contributed by atoms with van der Waals surface area (Å²) in [5.41, 5.74) is 26.7. The highest BCUT2D eigenvalue weighted by Crippen LogP contribution is 2.63. The minimum atomic E-state index is -0.0703. The summed E-state index contributed by atoms with van der Waals surface area (Å²) in [6.07, 6.45) is 9.65. The third kappa shape index (κ3) is 6.20. The van der Waals surface area contributed by atoms with Crippen LogP contribution in [-0.4, -0.2) is 12.3 Å².